The molecule has 1 atom stereocenters. The van der Waals surface area contributed by atoms with Crippen LogP contribution >= 0.6 is 0 Å². The van der Waals surface area contributed by atoms with Gasteiger partial charge in [-0.3, -0.25) is 14.9 Å². The quantitative estimate of drug-likeness (QED) is 0.651. The zero-order chi connectivity index (χ0) is 15.4. The summed E-state index contributed by atoms with van der Waals surface area (Å²) in [6.07, 6.45) is 0. The van der Waals surface area contributed by atoms with E-state index in [-0.39, 0.29) is 11.7 Å². The maximum atomic E-state index is 11.1. The van der Waals surface area contributed by atoms with Crippen LogP contribution in [-0.2, 0) is 0 Å². The molecule has 0 aliphatic rings. The molecule has 6 nitrogen and oxygen atoms in total. The lowest BCUT2D eigenvalue weighted by Crippen LogP contribution is -2.12. The minimum atomic E-state index is -0.498. The molecule has 0 fully saturated rings. The van der Waals surface area contributed by atoms with Crippen LogP contribution in [0.3, 0.4) is 0 Å². The summed E-state index contributed by atoms with van der Waals surface area (Å²) in [4.78, 5) is 21.5. The summed E-state index contributed by atoms with van der Waals surface area (Å²) in [5.74, 6) is -0.498. The average Bonchev–Trinajstić information content (AvgIpc) is 2.47. The highest BCUT2D eigenvalue weighted by atomic mass is 16.6. The van der Waals surface area contributed by atoms with Crippen LogP contribution in [0.1, 0.15) is 28.9 Å². The van der Waals surface area contributed by atoms with E-state index in [9.17, 15) is 14.9 Å². The van der Waals surface area contributed by atoms with E-state index < -0.39 is 10.8 Å². The Balaban J connectivity index is 2.19. The first-order valence-corrected chi connectivity index (χ1v) is 6.38. The number of nitro groups is 1. The summed E-state index contributed by atoms with van der Waals surface area (Å²) < 4.78 is 0. The van der Waals surface area contributed by atoms with Crippen molar-refractivity contribution in [2.75, 3.05) is 5.32 Å². The largest absolute Gasteiger partial charge is 0.378 e. The molecule has 0 aliphatic heterocycles. The number of nitrogens with zero attached hydrogens (tertiary/aromatic N) is 1. The van der Waals surface area contributed by atoms with Crippen molar-refractivity contribution < 1.29 is 9.72 Å². The zero-order valence-electron chi connectivity index (χ0n) is 11.4. The van der Waals surface area contributed by atoms with Gasteiger partial charge in [0.05, 0.1) is 4.92 Å². The lowest BCUT2D eigenvalue weighted by molar-refractivity contribution is -0.384. The van der Waals surface area contributed by atoms with Gasteiger partial charge in [-0.25, -0.2) is 0 Å². The number of amides is 1. The van der Waals surface area contributed by atoms with Gasteiger partial charge < -0.3 is 11.1 Å². The monoisotopic (exact) mass is 285 g/mol. The standard InChI is InChI=1S/C15H15N3O3/c1-10(11-4-3-7-14(9-11)18(20)21)17-13-6-2-5-12(8-13)15(16)19/h2-10,17H,1H3,(H2,16,19). The van der Waals surface area contributed by atoms with Crippen molar-refractivity contribution in [3.05, 3.63) is 69.8 Å². The number of anilines is 1. The van der Waals surface area contributed by atoms with Crippen molar-refractivity contribution >= 4 is 17.3 Å². The van der Waals surface area contributed by atoms with Crippen LogP contribution in [0.4, 0.5) is 11.4 Å². The van der Waals surface area contributed by atoms with E-state index >= 15 is 0 Å². The number of non-ortho nitro benzene ring substituents is 1. The molecule has 2 aromatic rings. The fourth-order valence-electron chi connectivity index (χ4n) is 2.00. The molecular formula is C15H15N3O3. The van der Waals surface area contributed by atoms with Gasteiger partial charge in [0.25, 0.3) is 5.69 Å². The topological polar surface area (TPSA) is 98.3 Å². The molecule has 108 valence electrons. The third-order valence-electron chi connectivity index (χ3n) is 3.11. The third kappa shape index (κ3) is 3.56. The number of hydrogen-bond acceptors (Lipinski definition) is 4. The van der Waals surface area contributed by atoms with Crippen molar-refractivity contribution in [3.63, 3.8) is 0 Å². The van der Waals surface area contributed by atoms with Crippen LogP contribution < -0.4 is 11.1 Å². The predicted octanol–water partition coefficient (Wildman–Crippen LogP) is 2.87. The summed E-state index contributed by atoms with van der Waals surface area (Å²) in [5.41, 5.74) is 7.21. The van der Waals surface area contributed by atoms with Gasteiger partial charge in [-0.05, 0) is 30.7 Å². The maximum Gasteiger partial charge on any atom is 0.269 e. The minimum Gasteiger partial charge on any atom is -0.378 e. The highest BCUT2D eigenvalue weighted by molar-refractivity contribution is 5.93. The first kappa shape index (κ1) is 14.5. The second-order valence-electron chi connectivity index (χ2n) is 4.66. The molecule has 0 heterocycles. The number of rotatable bonds is 5. The molecule has 0 radical (unpaired) electrons. The molecule has 0 spiro atoms. The van der Waals surface area contributed by atoms with Gasteiger partial charge >= 0.3 is 0 Å². The van der Waals surface area contributed by atoms with Crippen molar-refractivity contribution in [1.82, 2.24) is 0 Å². The first-order valence-electron chi connectivity index (χ1n) is 6.38. The fourth-order valence-corrected chi connectivity index (χ4v) is 2.00. The van der Waals surface area contributed by atoms with E-state index in [4.69, 9.17) is 5.73 Å². The number of nitrogens with two attached hydrogens (primary N) is 1. The van der Waals surface area contributed by atoms with Crippen LogP contribution in [0.5, 0.6) is 0 Å². The molecular weight excluding hydrogens is 270 g/mol. The van der Waals surface area contributed by atoms with Crippen LogP contribution in [-0.4, -0.2) is 10.8 Å². The lowest BCUT2D eigenvalue weighted by atomic mass is 10.1. The first-order chi connectivity index (χ1) is 9.97. The lowest BCUT2D eigenvalue weighted by Gasteiger charge is -2.16. The number of carbonyl (C=O) groups excluding carboxylic acids is 1. The molecule has 1 amide bonds. The summed E-state index contributed by atoms with van der Waals surface area (Å²) in [5, 5.41) is 14.0. The van der Waals surface area contributed by atoms with Gasteiger partial charge in [0.1, 0.15) is 0 Å². The second-order valence-corrected chi connectivity index (χ2v) is 4.66. The summed E-state index contributed by atoms with van der Waals surface area (Å²) >= 11 is 0. The molecule has 2 aromatic carbocycles. The van der Waals surface area contributed by atoms with E-state index in [1.54, 1.807) is 30.3 Å². The number of carbonyl (C=O) groups is 1. The number of hydrogen-bond donors (Lipinski definition) is 2. The predicted molar refractivity (Wildman–Crippen MR) is 80.1 cm³/mol. The Morgan fingerprint density at radius 2 is 1.95 bits per heavy atom. The Kier molecular flexibility index (Phi) is 4.18. The molecule has 0 saturated carbocycles. The Morgan fingerprint density at radius 1 is 1.24 bits per heavy atom. The Morgan fingerprint density at radius 3 is 2.62 bits per heavy atom. The Labute approximate surface area is 121 Å². The van der Waals surface area contributed by atoms with Crippen LogP contribution in [0, 0.1) is 10.1 Å². The fraction of sp³-hybridized carbons (Fsp3) is 0.133. The third-order valence-corrected chi connectivity index (χ3v) is 3.11. The van der Waals surface area contributed by atoms with Gasteiger partial charge in [-0.15, -0.1) is 0 Å². The van der Waals surface area contributed by atoms with E-state index in [1.807, 2.05) is 13.0 Å². The molecule has 0 bridgehead atoms. The van der Waals surface area contributed by atoms with Gasteiger partial charge in [0.15, 0.2) is 0 Å². The highest BCUT2D eigenvalue weighted by Gasteiger charge is 2.11. The molecule has 0 saturated heterocycles. The van der Waals surface area contributed by atoms with Crippen LogP contribution in [0.2, 0.25) is 0 Å². The summed E-state index contributed by atoms with van der Waals surface area (Å²) in [6.45, 7) is 1.88. The van der Waals surface area contributed by atoms with Gasteiger partial charge in [-0.2, -0.15) is 0 Å². The number of nitrogens with one attached hydrogen (secondary N) is 1. The molecule has 0 aromatic heterocycles. The van der Waals surface area contributed by atoms with E-state index in [0.29, 0.717) is 5.56 Å². The normalized spacial score (nSPS) is 11.7. The zero-order valence-corrected chi connectivity index (χ0v) is 11.4. The van der Waals surface area contributed by atoms with Crippen molar-refractivity contribution in [1.29, 1.82) is 0 Å². The minimum absolute atomic E-state index is 0.0482. The highest BCUT2D eigenvalue weighted by Crippen LogP contribution is 2.23. The van der Waals surface area contributed by atoms with Gasteiger partial charge in [0.2, 0.25) is 5.91 Å². The smallest absolute Gasteiger partial charge is 0.269 e. The number of nitro benzene ring substituents is 1. The van der Waals surface area contributed by atoms with Gasteiger partial charge in [0, 0.05) is 29.4 Å². The average molecular weight is 285 g/mol. The van der Waals surface area contributed by atoms with E-state index in [2.05, 4.69) is 5.32 Å². The number of primary amides is 1. The molecule has 1 unspecified atom stereocenters. The molecule has 6 heteroatoms. The van der Waals surface area contributed by atoms with Crippen molar-refractivity contribution in [2.24, 2.45) is 5.73 Å². The van der Waals surface area contributed by atoms with Crippen LogP contribution in [0.25, 0.3) is 0 Å². The Hall–Kier alpha value is -2.89. The molecule has 3 N–H and O–H groups in total. The molecule has 2 rings (SSSR count). The molecule has 21 heavy (non-hydrogen) atoms. The SMILES string of the molecule is CC(Nc1cccc(C(N)=O)c1)c1cccc([N+](=O)[O-])c1. The number of benzene rings is 2. The van der Waals surface area contributed by atoms with Crippen molar-refractivity contribution in [2.45, 2.75) is 13.0 Å². The van der Waals surface area contributed by atoms with Crippen molar-refractivity contribution in [3.8, 4) is 0 Å². The van der Waals surface area contributed by atoms with E-state index in [1.165, 1.54) is 12.1 Å². The maximum absolute atomic E-state index is 11.1. The summed E-state index contributed by atoms with van der Waals surface area (Å²) in [7, 11) is 0. The Bertz CT molecular complexity index is 685. The van der Waals surface area contributed by atoms with E-state index in [0.717, 1.165) is 11.3 Å². The summed E-state index contributed by atoms with van der Waals surface area (Å²) in [6, 6.07) is 13.1. The van der Waals surface area contributed by atoms with Crippen LogP contribution in [0.15, 0.2) is 48.5 Å². The second kappa shape index (κ2) is 6.04. The van der Waals surface area contributed by atoms with Gasteiger partial charge in [-0.1, -0.05) is 18.2 Å². The molecule has 0 aliphatic carbocycles.